The van der Waals surface area contributed by atoms with Gasteiger partial charge in [0.2, 0.25) is 0 Å². The lowest BCUT2D eigenvalue weighted by atomic mass is 9.46. The highest BCUT2D eigenvalue weighted by Crippen LogP contribution is 2.70. The third-order valence-electron chi connectivity index (χ3n) is 17.4. The molecule has 7 fully saturated rings. The topological polar surface area (TPSA) is 287 Å². The van der Waals surface area contributed by atoms with Crippen LogP contribution in [0.5, 0.6) is 0 Å². The summed E-state index contributed by atoms with van der Waals surface area (Å²) in [7, 11) is 0. The van der Waals surface area contributed by atoms with Crippen LogP contribution in [0, 0.1) is 46.3 Å². The van der Waals surface area contributed by atoms with E-state index in [4.69, 9.17) is 33.2 Å². The van der Waals surface area contributed by atoms with Crippen molar-refractivity contribution < 1.29 is 89.3 Å². The molecule has 3 saturated carbocycles. The summed E-state index contributed by atoms with van der Waals surface area (Å²) in [5, 5.41) is 118. The molecule has 8 rings (SSSR count). The molecule has 63 heavy (non-hydrogen) atoms. The van der Waals surface area contributed by atoms with Crippen LogP contribution in [-0.2, 0) is 33.2 Å². The van der Waals surface area contributed by atoms with Crippen LogP contribution in [0.4, 0.5) is 0 Å². The van der Waals surface area contributed by atoms with Gasteiger partial charge in [-0.1, -0.05) is 39.3 Å². The molecule has 0 radical (unpaired) electrons. The van der Waals surface area contributed by atoms with E-state index in [0.717, 1.165) is 31.3 Å². The molecule has 8 aliphatic rings. The maximum absolute atomic E-state index is 12.1. The monoisotopic (exact) mass is 902 g/mol. The molecule has 0 aromatic rings. The van der Waals surface area contributed by atoms with E-state index in [1.807, 2.05) is 6.92 Å². The fourth-order valence-electron chi connectivity index (χ4n) is 13.6. The van der Waals surface area contributed by atoms with E-state index in [9.17, 15) is 56.2 Å². The van der Waals surface area contributed by atoms with Crippen LogP contribution in [-0.4, -0.2) is 186 Å². The van der Waals surface area contributed by atoms with E-state index in [1.165, 1.54) is 6.92 Å². The van der Waals surface area contributed by atoms with Crippen molar-refractivity contribution in [3.05, 3.63) is 11.6 Å². The maximum Gasteiger partial charge on any atom is 0.187 e. The van der Waals surface area contributed by atoms with E-state index in [2.05, 4.69) is 26.8 Å². The average Bonchev–Trinajstić information content (AvgIpc) is 3.68. The Hall–Kier alpha value is -0.980. The summed E-state index contributed by atoms with van der Waals surface area (Å²) in [6.07, 6.45) is -14.6. The lowest BCUT2D eigenvalue weighted by Gasteiger charge is -2.60. The largest absolute Gasteiger partial charge is 0.394 e. The summed E-state index contributed by atoms with van der Waals surface area (Å²) in [6.45, 7) is 11.3. The molecule has 27 unspecified atom stereocenters. The van der Waals surface area contributed by atoms with Crippen LogP contribution >= 0.6 is 0 Å². The highest BCUT2D eigenvalue weighted by atomic mass is 16.8. The quantitative estimate of drug-likeness (QED) is 0.113. The minimum absolute atomic E-state index is 0.0335. The van der Waals surface area contributed by atoms with Gasteiger partial charge >= 0.3 is 0 Å². The SMILES string of the molecule is CC(CCC1(O)OC2CC3C4CC=C5CC(O)CC(OC6OC(CO)C(O)C(O)C6OC6OC(C)C(O)C(O)C6O)C5(C)C4CCC3(C)C2C1C)COC1OC(C)C(O)C(O)C1O. The molecule has 4 aliphatic heterocycles. The van der Waals surface area contributed by atoms with Gasteiger partial charge in [0.1, 0.15) is 61.0 Å². The Morgan fingerprint density at radius 2 is 1.41 bits per heavy atom. The Morgan fingerprint density at radius 3 is 2.08 bits per heavy atom. The number of aliphatic hydroxyl groups is 11. The number of hydrogen-bond donors (Lipinski definition) is 11. The minimum Gasteiger partial charge on any atom is -0.394 e. The van der Waals surface area contributed by atoms with Crippen molar-refractivity contribution in [3.63, 3.8) is 0 Å². The summed E-state index contributed by atoms with van der Waals surface area (Å²) >= 11 is 0. The van der Waals surface area contributed by atoms with Crippen molar-refractivity contribution in [1.29, 1.82) is 0 Å². The standard InChI is InChI=1S/C45H74O18/c1-18(17-57-40-37(54)34(51)31(48)20(3)58-40)9-12-45(56)19(2)30-27(63-45)15-26-24-8-7-22-13-23(47)14-29(44(22,6)25(24)10-11-43(26,30)5)61-42-39(36(53)33(50)28(16-46)60-42)62-41-38(55)35(52)32(49)21(4)59-41/h7,18-21,23-42,46-56H,8-17H2,1-6H3. The Balaban J connectivity index is 0.957. The molecular formula is C45H74O18. The van der Waals surface area contributed by atoms with Gasteiger partial charge in [-0.3, -0.25) is 0 Å². The van der Waals surface area contributed by atoms with Crippen molar-refractivity contribution in [1.82, 2.24) is 0 Å². The van der Waals surface area contributed by atoms with Crippen LogP contribution in [0.15, 0.2) is 11.6 Å². The van der Waals surface area contributed by atoms with Gasteiger partial charge in [0.25, 0.3) is 0 Å². The van der Waals surface area contributed by atoms with Gasteiger partial charge in [0, 0.05) is 24.2 Å². The smallest absolute Gasteiger partial charge is 0.187 e. The molecule has 0 aromatic carbocycles. The Bertz CT molecular complexity index is 1620. The highest BCUT2D eigenvalue weighted by molar-refractivity contribution is 5.29. The Labute approximate surface area is 369 Å². The van der Waals surface area contributed by atoms with Crippen molar-refractivity contribution in [2.24, 2.45) is 46.3 Å². The van der Waals surface area contributed by atoms with Gasteiger partial charge in [-0.2, -0.15) is 0 Å². The number of ether oxygens (including phenoxy) is 7. The number of fused-ring (bicyclic) bond motifs is 7. The van der Waals surface area contributed by atoms with E-state index >= 15 is 0 Å². The zero-order valence-corrected chi connectivity index (χ0v) is 37.3. The van der Waals surface area contributed by atoms with Crippen LogP contribution in [0.2, 0.25) is 0 Å². The fourth-order valence-corrected chi connectivity index (χ4v) is 13.6. The van der Waals surface area contributed by atoms with Gasteiger partial charge in [-0.05, 0) is 87.4 Å². The third-order valence-corrected chi connectivity index (χ3v) is 17.4. The summed E-state index contributed by atoms with van der Waals surface area (Å²) in [5.41, 5.74) is 0.341. The average molecular weight is 903 g/mol. The van der Waals surface area contributed by atoms with Crippen LogP contribution < -0.4 is 0 Å². The second-order valence-electron chi connectivity index (χ2n) is 21.1. The number of allylic oxidation sites excluding steroid dienone is 1. The maximum atomic E-state index is 12.1. The second-order valence-corrected chi connectivity index (χ2v) is 21.1. The normalized spacial score (nSPS) is 56.2. The van der Waals surface area contributed by atoms with E-state index in [1.54, 1.807) is 6.92 Å². The number of aliphatic hydroxyl groups excluding tert-OH is 10. The van der Waals surface area contributed by atoms with Gasteiger partial charge in [0.15, 0.2) is 24.7 Å². The van der Waals surface area contributed by atoms with Crippen molar-refractivity contribution >= 4 is 0 Å². The van der Waals surface area contributed by atoms with Crippen LogP contribution in [0.3, 0.4) is 0 Å². The molecule has 0 aromatic heterocycles. The van der Waals surface area contributed by atoms with Gasteiger partial charge in [-0.15, -0.1) is 0 Å². The van der Waals surface area contributed by atoms with Crippen LogP contribution in [0.25, 0.3) is 0 Å². The zero-order chi connectivity index (χ0) is 45.7. The van der Waals surface area contributed by atoms with Gasteiger partial charge in [0.05, 0.1) is 43.7 Å². The van der Waals surface area contributed by atoms with Crippen molar-refractivity contribution in [2.75, 3.05) is 13.2 Å². The predicted molar refractivity (Wildman–Crippen MR) is 218 cm³/mol. The molecule has 0 amide bonds. The van der Waals surface area contributed by atoms with E-state index < -0.39 is 122 Å². The van der Waals surface area contributed by atoms with Crippen LogP contribution in [0.1, 0.15) is 92.9 Å². The lowest BCUT2D eigenvalue weighted by molar-refractivity contribution is -0.374. The summed E-state index contributed by atoms with van der Waals surface area (Å²) < 4.78 is 42.8. The first kappa shape index (κ1) is 48.5. The predicted octanol–water partition coefficient (Wildman–Crippen LogP) is -0.833. The first-order chi connectivity index (χ1) is 29.6. The summed E-state index contributed by atoms with van der Waals surface area (Å²) in [4.78, 5) is 0. The molecule has 362 valence electrons. The first-order valence-electron chi connectivity index (χ1n) is 23.4. The second kappa shape index (κ2) is 18.2. The first-order valence-corrected chi connectivity index (χ1v) is 23.4. The molecular weight excluding hydrogens is 828 g/mol. The molecule has 0 spiro atoms. The number of rotatable bonds is 11. The molecule has 0 bridgehead atoms. The Morgan fingerprint density at radius 1 is 0.762 bits per heavy atom. The zero-order valence-electron chi connectivity index (χ0n) is 37.3. The van der Waals surface area contributed by atoms with Gasteiger partial charge in [-0.25, -0.2) is 0 Å². The molecule has 18 nitrogen and oxygen atoms in total. The number of hydrogen-bond acceptors (Lipinski definition) is 18. The molecule has 27 atom stereocenters. The minimum atomic E-state index is -1.71. The molecule has 4 saturated heterocycles. The van der Waals surface area contributed by atoms with Gasteiger partial charge < -0.3 is 89.3 Å². The lowest BCUT2D eigenvalue weighted by Crippen LogP contribution is -2.65. The fraction of sp³-hybridized carbons (Fsp3) is 0.956. The Kier molecular flexibility index (Phi) is 14.0. The summed E-state index contributed by atoms with van der Waals surface area (Å²) in [6, 6.07) is 0. The highest BCUT2D eigenvalue weighted by Gasteiger charge is 2.69. The van der Waals surface area contributed by atoms with Crippen molar-refractivity contribution in [3.8, 4) is 0 Å². The third kappa shape index (κ3) is 8.30. The van der Waals surface area contributed by atoms with E-state index in [-0.39, 0.29) is 60.1 Å². The summed E-state index contributed by atoms with van der Waals surface area (Å²) in [5.74, 6) is -0.820. The van der Waals surface area contributed by atoms with E-state index in [0.29, 0.717) is 19.3 Å². The molecule has 11 N–H and O–H groups in total. The molecule has 4 heterocycles. The molecule has 4 aliphatic carbocycles. The van der Waals surface area contributed by atoms with Crippen molar-refractivity contribution in [2.45, 2.75) is 209 Å². The molecule has 18 heteroatoms.